The second-order valence-electron chi connectivity index (χ2n) is 4.50. The summed E-state index contributed by atoms with van der Waals surface area (Å²) in [6.07, 6.45) is 5.74. The normalized spacial score (nSPS) is 14.6. The Morgan fingerprint density at radius 1 is 1.53 bits per heavy atom. The largest absolute Gasteiger partial charge is 0.335 e. The van der Waals surface area contributed by atoms with Crippen LogP contribution in [0.1, 0.15) is 43.0 Å². The number of aromatic nitrogens is 1. The molecule has 1 aliphatic rings. The van der Waals surface area contributed by atoms with Crippen molar-refractivity contribution in [2.45, 2.75) is 38.6 Å². The van der Waals surface area contributed by atoms with Gasteiger partial charge in [-0.3, -0.25) is 9.59 Å². The van der Waals surface area contributed by atoms with Crippen LogP contribution in [0.3, 0.4) is 0 Å². The number of unbranched alkanes of at least 4 members (excludes halogenated alkanes) is 1. The van der Waals surface area contributed by atoms with Crippen molar-refractivity contribution in [3.8, 4) is 0 Å². The summed E-state index contributed by atoms with van der Waals surface area (Å²) in [6, 6.07) is 3.65. The summed E-state index contributed by atoms with van der Waals surface area (Å²) in [5.41, 5.74) is -0.0323. The first-order chi connectivity index (χ1) is 8.24. The Balaban J connectivity index is 2.16. The number of hydrogen-bond donors (Lipinski definition) is 1. The molecule has 0 radical (unpaired) electrons. The molecule has 1 aromatic heterocycles. The van der Waals surface area contributed by atoms with Gasteiger partial charge in [-0.25, -0.2) is 0 Å². The average Bonchev–Trinajstić information content (AvgIpc) is 3.14. The van der Waals surface area contributed by atoms with E-state index in [-0.39, 0.29) is 17.0 Å². The van der Waals surface area contributed by atoms with Crippen LogP contribution in [0, 0.1) is 0 Å². The van der Waals surface area contributed by atoms with Crippen molar-refractivity contribution in [2.24, 2.45) is 0 Å². The van der Waals surface area contributed by atoms with E-state index in [4.69, 9.17) is 0 Å². The number of aromatic amines is 1. The summed E-state index contributed by atoms with van der Waals surface area (Å²) in [4.78, 5) is 28.2. The van der Waals surface area contributed by atoms with Crippen LogP contribution in [-0.4, -0.2) is 28.4 Å². The Bertz CT molecular complexity index is 449. The SMILES string of the molecule is CCCCN(C(=O)c1ccc[nH]c1=O)C1CC1. The Labute approximate surface area is 101 Å². The van der Waals surface area contributed by atoms with Crippen LogP contribution in [0.4, 0.5) is 0 Å². The Morgan fingerprint density at radius 3 is 2.88 bits per heavy atom. The van der Waals surface area contributed by atoms with E-state index in [0.29, 0.717) is 6.04 Å². The van der Waals surface area contributed by atoms with E-state index in [1.807, 2.05) is 4.90 Å². The van der Waals surface area contributed by atoms with Gasteiger partial charge in [0.2, 0.25) is 0 Å². The highest BCUT2D eigenvalue weighted by molar-refractivity contribution is 5.94. The molecular formula is C13H18N2O2. The maximum atomic E-state index is 12.3. The summed E-state index contributed by atoms with van der Waals surface area (Å²) >= 11 is 0. The number of hydrogen-bond acceptors (Lipinski definition) is 2. The highest BCUT2D eigenvalue weighted by Crippen LogP contribution is 2.28. The van der Waals surface area contributed by atoms with Crippen LogP contribution in [0.15, 0.2) is 23.1 Å². The molecule has 1 heterocycles. The van der Waals surface area contributed by atoms with E-state index in [0.717, 1.165) is 32.2 Å². The minimum atomic E-state index is -0.292. The molecule has 0 aromatic carbocycles. The van der Waals surface area contributed by atoms with E-state index >= 15 is 0 Å². The zero-order valence-corrected chi connectivity index (χ0v) is 10.1. The predicted molar refractivity (Wildman–Crippen MR) is 66.0 cm³/mol. The van der Waals surface area contributed by atoms with Crippen LogP contribution in [-0.2, 0) is 0 Å². The van der Waals surface area contributed by atoms with Crippen LogP contribution in [0.2, 0.25) is 0 Å². The van der Waals surface area contributed by atoms with Crippen molar-refractivity contribution in [3.63, 3.8) is 0 Å². The first-order valence-electron chi connectivity index (χ1n) is 6.22. The number of nitrogens with one attached hydrogen (secondary N) is 1. The number of pyridine rings is 1. The maximum Gasteiger partial charge on any atom is 0.260 e. The molecule has 0 unspecified atom stereocenters. The monoisotopic (exact) mass is 234 g/mol. The van der Waals surface area contributed by atoms with Gasteiger partial charge in [-0.2, -0.15) is 0 Å². The number of carbonyl (C=O) groups excluding carboxylic acids is 1. The predicted octanol–water partition coefficient (Wildman–Crippen LogP) is 1.78. The molecule has 1 N–H and O–H groups in total. The van der Waals surface area contributed by atoms with Crippen LogP contribution < -0.4 is 5.56 Å². The topological polar surface area (TPSA) is 53.2 Å². The molecule has 17 heavy (non-hydrogen) atoms. The smallest absolute Gasteiger partial charge is 0.260 e. The van der Waals surface area contributed by atoms with Gasteiger partial charge in [-0.15, -0.1) is 0 Å². The van der Waals surface area contributed by atoms with Crippen molar-refractivity contribution in [3.05, 3.63) is 34.2 Å². The zero-order valence-electron chi connectivity index (χ0n) is 10.1. The number of H-pyrrole nitrogens is 1. The van der Waals surface area contributed by atoms with Gasteiger partial charge in [0.05, 0.1) is 0 Å². The highest BCUT2D eigenvalue weighted by Gasteiger charge is 2.33. The van der Waals surface area contributed by atoms with Gasteiger partial charge in [-0.05, 0) is 31.4 Å². The summed E-state index contributed by atoms with van der Waals surface area (Å²) in [6.45, 7) is 2.86. The minimum absolute atomic E-state index is 0.122. The molecule has 2 rings (SSSR count). The van der Waals surface area contributed by atoms with E-state index in [9.17, 15) is 9.59 Å². The van der Waals surface area contributed by atoms with Gasteiger partial charge in [0.15, 0.2) is 0 Å². The molecule has 1 amide bonds. The van der Waals surface area contributed by atoms with Gasteiger partial charge in [0.25, 0.3) is 11.5 Å². The standard InChI is InChI=1S/C13H18N2O2/c1-2-3-9-15(10-6-7-10)13(17)11-5-4-8-14-12(11)16/h4-5,8,10H,2-3,6-7,9H2,1H3,(H,14,16). The Kier molecular flexibility index (Phi) is 3.61. The van der Waals surface area contributed by atoms with Gasteiger partial charge >= 0.3 is 0 Å². The minimum Gasteiger partial charge on any atom is -0.335 e. The molecule has 0 saturated heterocycles. The van der Waals surface area contributed by atoms with E-state index in [2.05, 4.69) is 11.9 Å². The molecule has 4 nitrogen and oxygen atoms in total. The van der Waals surface area contributed by atoms with Gasteiger partial charge < -0.3 is 9.88 Å². The third-order valence-corrected chi connectivity index (χ3v) is 3.05. The van der Waals surface area contributed by atoms with E-state index < -0.39 is 0 Å². The number of rotatable bonds is 5. The third-order valence-electron chi connectivity index (χ3n) is 3.05. The fraction of sp³-hybridized carbons (Fsp3) is 0.538. The van der Waals surface area contributed by atoms with Crippen molar-refractivity contribution in [1.29, 1.82) is 0 Å². The van der Waals surface area contributed by atoms with Crippen molar-refractivity contribution < 1.29 is 4.79 Å². The van der Waals surface area contributed by atoms with Crippen molar-refractivity contribution >= 4 is 5.91 Å². The second-order valence-corrected chi connectivity index (χ2v) is 4.50. The average molecular weight is 234 g/mol. The van der Waals surface area contributed by atoms with Crippen LogP contribution in [0.25, 0.3) is 0 Å². The first kappa shape index (κ1) is 11.9. The summed E-state index contributed by atoms with van der Waals surface area (Å²) < 4.78 is 0. The number of nitrogens with zero attached hydrogens (tertiary/aromatic N) is 1. The third kappa shape index (κ3) is 2.75. The molecule has 0 spiro atoms. The lowest BCUT2D eigenvalue weighted by Crippen LogP contribution is -2.37. The molecule has 92 valence electrons. The second kappa shape index (κ2) is 5.17. The summed E-state index contributed by atoms with van der Waals surface area (Å²) in [7, 11) is 0. The number of amides is 1. The molecule has 1 aromatic rings. The lowest BCUT2D eigenvalue weighted by molar-refractivity contribution is 0.0739. The molecule has 0 atom stereocenters. The van der Waals surface area contributed by atoms with Crippen LogP contribution >= 0.6 is 0 Å². The van der Waals surface area contributed by atoms with Gasteiger partial charge in [0.1, 0.15) is 5.56 Å². The molecule has 1 aliphatic carbocycles. The lowest BCUT2D eigenvalue weighted by Gasteiger charge is -2.21. The molecule has 0 bridgehead atoms. The fourth-order valence-corrected chi connectivity index (χ4v) is 1.91. The van der Waals surface area contributed by atoms with Gasteiger partial charge in [-0.1, -0.05) is 13.3 Å². The molecular weight excluding hydrogens is 216 g/mol. The quantitative estimate of drug-likeness (QED) is 0.844. The number of carbonyl (C=O) groups is 1. The van der Waals surface area contributed by atoms with Crippen molar-refractivity contribution in [2.75, 3.05) is 6.54 Å². The zero-order chi connectivity index (χ0) is 12.3. The summed E-state index contributed by atoms with van der Waals surface area (Å²) in [5.74, 6) is -0.122. The lowest BCUT2D eigenvalue weighted by atomic mass is 10.2. The molecule has 1 fully saturated rings. The Morgan fingerprint density at radius 2 is 2.29 bits per heavy atom. The Hall–Kier alpha value is -1.58. The highest BCUT2D eigenvalue weighted by atomic mass is 16.2. The first-order valence-corrected chi connectivity index (χ1v) is 6.22. The fourth-order valence-electron chi connectivity index (χ4n) is 1.91. The maximum absolute atomic E-state index is 12.3. The summed E-state index contributed by atoms with van der Waals surface area (Å²) in [5, 5.41) is 0. The van der Waals surface area contributed by atoms with E-state index in [1.54, 1.807) is 18.3 Å². The van der Waals surface area contributed by atoms with Crippen LogP contribution in [0.5, 0.6) is 0 Å². The van der Waals surface area contributed by atoms with E-state index in [1.165, 1.54) is 0 Å². The van der Waals surface area contributed by atoms with Gasteiger partial charge in [0, 0.05) is 18.8 Å². The molecule has 4 heteroatoms. The van der Waals surface area contributed by atoms with Crippen molar-refractivity contribution in [1.82, 2.24) is 9.88 Å². The molecule has 0 aliphatic heterocycles. The molecule has 1 saturated carbocycles.